The van der Waals surface area contributed by atoms with E-state index >= 15 is 0 Å². The van der Waals surface area contributed by atoms with Crippen molar-refractivity contribution < 1.29 is 4.74 Å². The Bertz CT molecular complexity index is 441. The van der Waals surface area contributed by atoms with E-state index in [0.717, 1.165) is 37.8 Å². The number of nitrogens with one attached hydrogen (secondary N) is 1. The summed E-state index contributed by atoms with van der Waals surface area (Å²) >= 11 is 0. The van der Waals surface area contributed by atoms with Crippen LogP contribution in [-0.2, 0) is 0 Å². The summed E-state index contributed by atoms with van der Waals surface area (Å²) in [6.07, 6.45) is 6.71. The number of hydrogen-bond donors (Lipinski definition) is 1. The quantitative estimate of drug-likeness (QED) is 0.922. The SMILES string of the molecule is CC1CCCC(Oc2cccc(N3CCCNCC3)c2)C1. The molecule has 3 nitrogen and oxygen atoms in total. The standard InChI is InChI=1S/C18H28N2O/c1-15-5-2-7-17(13-15)21-18-8-3-6-16(14-18)20-11-4-9-19-10-12-20/h3,6,8,14-15,17,19H,2,4-5,7,9-13H2,1H3. The first-order chi connectivity index (χ1) is 10.3. The summed E-state index contributed by atoms with van der Waals surface area (Å²) in [5, 5.41) is 3.46. The van der Waals surface area contributed by atoms with Gasteiger partial charge >= 0.3 is 0 Å². The Morgan fingerprint density at radius 3 is 3.00 bits per heavy atom. The van der Waals surface area contributed by atoms with E-state index in [9.17, 15) is 0 Å². The summed E-state index contributed by atoms with van der Waals surface area (Å²) in [5.74, 6) is 1.85. The van der Waals surface area contributed by atoms with E-state index in [0.29, 0.717) is 6.10 Å². The van der Waals surface area contributed by atoms with E-state index in [-0.39, 0.29) is 0 Å². The summed E-state index contributed by atoms with van der Waals surface area (Å²) in [5.41, 5.74) is 1.31. The maximum Gasteiger partial charge on any atom is 0.121 e. The van der Waals surface area contributed by atoms with E-state index in [4.69, 9.17) is 4.74 Å². The molecule has 1 aliphatic heterocycles. The van der Waals surface area contributed by atoms with Crippen molar-refractivity contribution in [1.29, 1.82) is 0 Å². The number of nitrogens with zero attached hydrogens (tertiary/aromatic N) is 1. The van der Waals surface area contributed by atoms with Gasteiger partial charge in [0.25, 0.3) is 0 Å². The first-order valence-electron chi connectivity index (χ1n) is 8.53. The van der Waals surface area contributed by atoms with Gasteiger partial charge in [-0.05, 0) is 50.3 Å². The Balaban J connectivity index is 1.64. The highest BCUT2D eigenvalue weighted by molar-refractivity contribution is 5.51. The van der Waals surface area contributed by atoms with Crippen LogP contribution in [-0.4, -0.2) is 32.3 Å². The van der Waals surface area contributed by atoms with Gasteiger partial charge in [-0.25, -0.2) is 0 Å². The van der Waals surface area contributed by atoms with Crippen LogP contribution in [0.3, 0.4) is 0 Å². The van der Waals surface area contributed by atoms with E-state index in [1.807, 2.05) is 0 Å². The Kier molecular flexibility index (Phi) is 5.02. The fourth-order valence-electron chi connectivity index (χ4n) is 3.54. The van der Waals surface area contributed by atoms with Crippen molar-refractivity contribution >= 4 is 5.69 Å². The smallest absolute Gasteiger partial charge is 0.121 e. The molecule has 1 N–H and O–H groups in total. The molecule has 21 heavy (non-hydrogen) atoms. The second-order valence-corrected chi connectivity index (χ2v) is 6.60. The number of ether oxygens (including phenoxy) is 1. The summed E-state index contributed by atoms with van der Waals surface area (Å²) in [6, 6.07) is 8.68. The van der Waals surface area contributed by atoms with Crippen LogP contribution in [0.4, 0.5) is 5.69 Å². The van der Waals surface area contributed by atoms with Gasteiger partial charge in [-0.2, -0.15) is 0 Å². The maximum absolute atomic E-state index is 6.25. The molecule has 0 radical (unpaired) electrons. The molecule has 2 fully saturated rings. The molecule has 1 saturated heterocycles. The van der Waals surface area contributed by atoms with Gasteiger partial charge in [0, 0.05) is 31.4 Å². The second kappa shape index (κ2) is 7.17. The lowest BCUT2D eigenvalue weighted by molar-refractivity contribution is 0.129. The molecular formula is C18H28N2O. The molecule has 116 valence electrons. The van der Waals surface area contributed by atoms with Crippen LogP contribution in [0.25, 0.3) is 0 Å². The fourth-order valence-corrected chi connectivity index (χ4v) is 3.54. The van der Waals surface area contributed by atoms with Crippen molar-refractivity contribution in [3.63, 3.8) is 0 Å². The minimum atomic E-state index is 0.412. The third-order valence-electron chi connectivity index (χ3n) is 4.71. The first-order valence-corrected chi connectivity index (χ1v) is 8.53. The molecule has 1 aromatic rings. The minimum absolute atomic E-state index is 0.412. The lowest BCUT2D eigenvalue weighted by Crippen LogP contribution is -2.28. The predicted octanol–water partition coefficient (Wildman–Crippen LogP) is 3.44. The highest BCUT2D eigenvalue weighted by Crippen LogP contribution is 2.29. The molecule has 1 aromatic carbocycles. The average molecular weight is 288 g/mol. The molecule has 0 spiro atoms. The largest absolute Gasteiger partial charge is 0.490 e. The highest BCUT2D eigenvalue weighted by Gasteiger charge is 2.20. The molecule has 1 heterocycles. The van der Waals surface area contributed by atoms with Crippen molar-refractivity contribution in [3.05, 3.63) is 24.3 Å². The normalized spacial score (nSPS) is 27.2. The van der Waals surface area contributed by atoms with E-state index in [1.165, 1.54) is 37.8 Å². The monoisotopic (exact) mass is 288 g/mol. The van der Waals surface area contributed by atoms with Gasteiger partial charge in [-0.15, -0.1) is 0 Å². The second-order valence-electron chi connectivity index (χ2n) is 6.60. The van der Waals surface area contributed by atoms with Gasteiger partial charge in [-0.1, -0.05) is 19.4 Å². The van der Waals surface area contributed by atoms with Crippen molar-refractivity contribution in [2.45, 2.75) is 45.1 Å². The predicted molar refractivity (Wildman–Crippen MR) is 88.2 cm³/mol. The molecule has 2 unspecified atom stereocenters. The van der Waals surface area contributed by atoms with Gasteiger partial charge in [0.15, 0.2) is 0 Å². The molecule has 3 heteroatoms. The van der Waals surface area contributed by atoms with Crippen LogP contribution in [0, 0.1) is 5.92 Å². The van der Waals surface area contributed by atoms with Crippen LogP contribution in [0.1, 0.15) is 39.0 Å². The molecule has 0 amide bonds. The molecule has 0 aromatic heterocycles. The number of rotatable bonds is 3. The number of hydrogen-bond acceptors (Lipinski definition) is 3. The topological polar surface area (TPSA) is 24.5 Å². The van der Waals surface area contributed by atoms with Gasteiger partial charge in [0.05, 0.1) is 6.10 Å². The minimum Gasteiger partial charge on any atom is -0.490 e. The Morgan fingerprint density at radius 1 is 1.14 bits per heavy atom. The lowest BCUT2D eigenvalue weighted by atomic mass is 9.89. The summed E-state index contributed by atoms with van der Waals surface area (Å²) in [4.78, 5) is 2.47. The Morgan fingerprint density at radius 2 is 2.10 bits per heavy atom. The van der Waals surface area contributed by atoms with Gasteiger partial charge < -0.3 is 15.0 Å². The van der Waals surface area contributed by atoms with E-state index in [2.05, 4.69) is 41.4 Å². The molecule has 1 saturated carbocycles. The third kappa shape index (κ3) is 4.13. The van der Waals surface area contributed by atoms with Crippen molar-refractivity contribution in [2.75, 3.05) is 31.1 Å². The van der Waals surface area contributed by atoms with Crippen molar-refractivity contribution in [3.8, 4) is 5.75 Å². The fraction of sp³-hybridized carbons (Fsp3) is 0.667. The molecule has 2 atom stereocenters. The average Bonchev–Trinajstić information content (AvgIpc) is 2.77. The Hall–Kier alpha value is -1.22. The highest BCUT2D eigenvalue weighted by atomic mass is 16.5. The number of benzene rings is 1. The van der Waals surface area contributed by atoms with Crippen LogP contribution in [0.5, 0.6) is 5.75 Å². The summed E-state index contributed by atoms with van der Waals surface area (Å²) < 4.78 is 6.25. The molecule has 1 aliphatic carbocycles. The van der Waals surface area contributed by atoms with Crippen molar-refractivity contribution in [2.24, 2.45) is 5.92 Å². The first kappa shape index (κ1) is 14.7. The maximum atomic E-state index is 6.25. The van der Waals surface area contributed by atoms with Crippen LogP contribution in [0.2, 0.25) is 0 Å². The molecular weight excluding hydrogens is 260 g/mol. The lowest BCUT2D eigenvalue weighted by Gasteiger charge is -2.28. The zero-order chi connectivity index (χ0) is 14.5. The third-order valence-corrected chi connectivity index (χ3v) is 4.71. The Labute approximate surface area is 128 Å². The van der Waals surface area contributed by atoms with Crippen LogP contribution in [0.15, 0.2) is 24.3 Å². The molecule has 0 bridgehead atoms. The van der Waals surface area contributed by atoms with Crippen LogP contribution >= 0.6 is 0 Å². The number of anilines is 1. The van der Waals surface area contributed by atoms with Gasteiger partial charge in [-0.3, -0.25) is 0 Å². The van der Waals surface area contributed by atoms with Gasteiger partial charge in [0.1, 0.15) is 5.75 Å². The van der Waals surface area contributed by atoms with E-state index < -0.39 is 0 Å². The van der Waals surface area contributed by atoms with Crippen molar-refractivity contribution in [1.82, 2.24) is 5.32 Å². The zero-order valence-electron chi connectivity index (χ0n) is 13.2. The van der Waals surface area contributed by atoms with Gasteiger partial charge in [0.2, 0.25) is 0 Å². The summed E-state index contributed by atoms with van der Waals surface area (Å²) in [7, 11) is 0. The van der Waals surface area contributed by atoms with Crippen LogP contribution < -0.4 is 15.0 Å². The summed E-state index contributed by atoms with van der Waals surface area (Å²) in [6.45, 7) is 6.77. The molecule has 2 aliphatic rings. The zero-order valence-corrected chi connectivity index (χ0v) is 13.2. The van der Waals surface area contributed by atoms with E-state index in [1.54, 1.807) is 0 Å². The molecule has 3 rings (SSSR count).